The number of hydrogen-bond acceptors (Lipinski definition) is 4. The lowest BCUT2D eigenvalue weighted by Crippen LogP contribution is -2.48. The fourth-order valence-corrected chi connectivity index (χ4v) is 3.24. The van der Waals surface area contributed by atoms with Crippen LogP contribution >= 0.6 is 11.6 Å². The number of anilines is 1. The third-order valence-corrected chi connectivity index (χ3v) is 4.52. The number of nitrogens with zero attached hydrogens (tertiary/aromatic N) is 2. The fraction of sp³-hybridized carbons (Fsp3) is 0.500. The van der Waals surface area contributed by atoms with Crippen molar-refractivity contribution in [2.75, 3.05) is 43.7 Å². The van der Waals surface area contributed by atoms with Crippen molar-refractivity contribution in [1.82, 2.24) is 9.80 Å². The first kappa shape index (κ1) is 17.1. The molecule has 1 N–H and O–H groups in total. The van der Waals surface area contributed by atoms with Gasteiger partial charge in [-0.3, -0.25) is 9.52 Å². The lowest BCUT2D eigenvalue weighted by molar-refractivity contribution is 0.0643. The number of nitrogens with one attached hydrogen (secondary N) is 1. The van der Waals surface area contributed by atoms with Gasteiger partial charge in [0.15, 0.2) is 0 Å². The molecule has 6 nitrogen and oxygen atoms in total. The maximum Gasteiger partial charge on any atom is 0.253 e. The van der Waals surface area contributed by atoms with E-state index in [0.29, 0.717) is 18.7 Å². The number of benzene rings is 1. The molecule has 122 valence electrons. The minimum absolute atomic E-state index is 0.0800. The number of carbonyl (C=O) groups excluding carboxylic acids is 1. The normalized spacial score (nSPS) is 16.6. The molecule has 1 heterocycles. The Balaban J connectivity index is 2.10. The highest BCUT2D eigenvalue weighted by molar-refractivity contribution is 7.92. The minimum atomic E-state index is -3.40. The van der Waals surface area contributed by atoms with E-state index in [-0.39, 0.29) is 16.6 Å². The Labute approximate surface area is 136 Å². The van der Waals surface area contributed by atoms with Gasteiger partial charge in [-0.05, 0) is 24.7 Å². The Morgan fingerprint density at radius 3 is 2.41 bits per heavy atom. The van der Waals surface area contributed by atoms with E-state index in [1.165, 1.54) is 12.1 Å². The summed E-state index contributed by atoms with van der Waals surface area (Å²) in [5.74, 6) is -0.0800. The molecule has 1 amide bonds. The fourth-order valence-electron chi connectivity index (χ4n) is 2.38. The SMILES string of the molecule is CCN1CCN(C(=O)c2ccc(NS(C)(=O)=O)c(Cl)c2)CC1. The number of sulfonamides is 1. The van der Waals surface area contributed by atoms with Crippen molar-refractivity contribution >= 4 is 33.2 Å². The van der Waals surface area contributed by atoms with Gasteiger partial charge >= 0.3 is 0 Å². The Bertz CT molecular complexity index is 655. The van der Waals surface area contributed by atoms with Crippen LogP contribution in [-0.2, 0) is 10.0 Å². The van der Waals surface area contributed by atoms with Crippen molar-refractivity contribution in [3.8, 4) is 0 Å². The smallest absolute Gasteiger partial charge is 0.253 e. The standard InChI is InChI=1S/C14H20ClN3O3S/c1-3-17-6-8-18(9-7-17)14(19)11-4-5-13(12(15)10-11)16-22(2,20)21/h4-5,10,16H,3,6-9H2,1-2H3. The van der Waals surface area contributed by atoms with E-state index < -0.39 is 10.0 Å². The Morgan fingerprint density at radius 1 is 1.27 bits per heavy atom. The van der Waals surface area contributed by atoms with Gasteiger partial charge in [-0.2, -0.15) is 0 Å². The van der Waals surface area contributed by atoms with Gasteiger partial charge in [-0.15, -0.1) is 0 Å². The third kappa shape index (κ3) is 4.34. The van der Waals surface area contributed by atoms with Crippen LogP contribution in [0.1, 0.15) is 17.3 Å². The van der Waals surface area contributed by atoms with Crippen molar-refractivity contribution in [1.29, 1.82) is 0 Å². The molecule has 0 aromatic heterocycles. The average Bonchev–Trinajstić information content (AvgIpc) is 2.47. The molecule has 0 radical (unpaired) electrons. The molecule has 0 aliphatic carbocycles. The Hall–Kier alpha value is -1.31. The Morgan fingerprint density at radius 2 is 1.91 bits per heavy atom. The maximum absolute atomic E-state index is 12.5. The van der Waals surface area contributed by atoms with Crippen molar-refractivity contribution < 1.29 is 13.2 Å². The van der Waals surface area contributed by atoms with Crippen LogP contribution in [0.5, 0.6) is 0 Å². The summed E-state index contributed by atoms with van der Waals surface area (Å²) in [7, 11) is -3.40. The highest BCUT2D eigenvalue weighted by Crippen LogP contribution is 2.24. The molecule has 2 rings (SSSR count). The zero-order chi connectivity index (χ0) is 16.3. The molecule has 1 aromatic rings. The van der Waals surface area contributed by atoms with Crippen LogP contribution in [0.15, 0.2) is 18.2 Å². The zero-order valence-corrected chi connectivity index (χ0v) is 14.2. The number of piperazine rings is 1. The molecular formula is C14H20ClN3O3S. The quantitative estimate of drug-likeness (QED) is 0.897. The molecule has 0 atom stereocenters. The first-order chi connectivity index (χ1) is 10.3. The van der Waals surface area contributed by atoms with Crippen LogP contribution < -0.4 is 4.72 Å². The van der Waals surface area contributed by atoms with E-state index >= 15 is 0 Å². The lowest BCUT2D eigenvalue weighted by atomic mass is 10.1. The van der Waals surface area contributed by atoms with Gasteiger partial charge in [-0.1, -0.05) is 18.5 Å². The molecule has 0 unspecified atom stereocenters. The molecule has 1 fully saturated rings. The van der Waals surface area contributed by atoms with Crippen LogP contribution in [0.25, 0.3) is 0 Å². The number of rotatable bonds is 4. The van der Waals surface area contributed by atoms with Gasteiger partial charge in [0.2, 0.25) is 10.0 Å². The minimum Gasteiger partial charge on any atom is -0.336 e. The van der Waals surface area contributed by atoms with Gasteiger partial charge in [0, 0.05) is 31.7 Å². The number of carbonyl (C=O) groups is 1. The highest BCUT2D eigenvalue weighted by Gasteiger charge is 2.22. The molecule has 8 heteroatoms. The van der Waals surface area contributed by atoms with E-state index in [1.54, 1.807) is 11.0 Å². The van der Waals surface area contributed by atoms with E-state index in [2.05, 4.69) is 16.5 Å². The average molecular weight is 346 g/mol. The van der Waals surface area contributed by atoms with Crippen molar-refractivity contribution in [2.45, 2.75) is 6.92 Å². The molecular weight excluding hydrogens is 326 g/mol. The summed E-state index contributed by atoms with van der Waals surface area (Å²) in [4.78, 5) is 16.5. The largest absolute Gasteiger partial charge is 0.336 e. The molecule has 1 aromatic carbocycles. The van der Waals surface area contributed by atoms with Crippen LogP contribution in [0.3, 0.4) is 0 Å². The first-order valence-corrected chi connectivity index (χ1v) is 9.36. The summed E-state index contributed by atoms with van der Waals surface area (Å²) in [6.07, 6.45) is 1.05. The second-order valence-electron chi connectivity index (χ2n) is 5.30. The molecule has 0 bridgehead atoms. The van der Waals surface area contributed by atoms with Gasteiger partial charge in [-0.25, -0.2) is 8.42 Å². The summed E-state index contributed by atoms with van der Waals surface area (Å²) in [5.41, 5.74) is 0.741. The van der Waals surface area contributed by atoms with Crippen LogP contribution in [0, 0.1) is 0 Å². The summed E-state index contributed by atoms with van der Waals surface area (Å²) in [5, 5.41) is 0.212. The zero-order valence-electron chi connectivity index (χ0n) is 12.7. The van der Waals surface area contributed by atoms with E-state index in [4.69, 9.17) is 11.6 Å². The van der Waals surface area contributed by atoms with Crippen molar-refractivity contribution in [3.63, 3.8) is 0 Å². The van der Waals surface area contributed by atoms with Crippen LogP contribution in [0.4, 0.5) is 5.69 Å². The molecule has 1 saturated heterocycles. The first-order valence-electron chi connectivity index (χ1n) is 7.09. The van der Waals surface area contributed by atoms with Crippen LogP contribution in [-0.4, -0.2) is 63.1 Å². The van der Waals surface area contributed by atoms with E-state index in [0.717, 1.165) is 25.9 Å². The van der Waals surface area contributed by atoms with Gasteiger partial charge in [0.05, 0.1) is 17.0 Å². The van der Waals surface area contributed by atoms with E-state index in [9.17, 15) is 13.2 Å². The van der Waals surface area contributed by atoms with Gasteiger partial charge in [0.1, 0.15) is 0 Å². The summed E-state index contributed by atoms with van der Waals surface area (Å²) >= 11 is 6.06. The second kappa shape index (κ2) is 6.85. The van der Waals surface area contributed by atoms with Crippen molar-refractivity contribution in [2.24, 2.45) is 0 Å². The third-order valence-electron chi connectivity index (χ3n) is 3.62. The Kier molecular flexibility index (Phi) is 5.31. The monoisotopic (exact) mass is 345 g/mol. The molecule has 0 saturated carbocycles. The predicted molar refractivity (Wildman–Crippen MR) is 87.9 cm³/mol. The van der Waals surface area contributed by atoms with Crippen LogP contribution in [0.2, 0.25) is 5.02 Å². The van der Waals surface area contributed by atoms with Gasteiger partial charge < -0.3 is 9.80 Å². The number of hydrogen-bond donors (Lipinski definition) is 1. The summed E-state index contributed by atoms with van der Waals surface area (Å²) < 4.78 is 24.8. The lowest BCUT2D eigenvalue weighted by Gasteiger charge is -2.34. The molecule has 1 aliphatic heterocycles. The van der Waals surface area contributed by atoms with Crippen molar-refractivity contribution in [3.05, 3.63) is 28.8 Å². The molecule has 0 spiro atoms. The summed E-state index contributed by atoms with van der Waals surface area (Å²) in [6, 6.07) is 4.61. The molecule has 22 heavy (non-hydrogen) atoms. The number of likely N-dealkylation sites (N-methyl/N-ethyl adjacent to an activating group) is 1. The van der Waals surface area contributed by atoms with Gasteiger partial charge in [0.25, 0.3) is 5.91 Å². The number of amides is 1. The summed E-state index contributed by atoms with van der Waals surface area (Å²) in [6.45, 7) is 6.19. The number of halogens is 1. The molecule has 1 aliphatic rings. The predicted octanol–water partition coefficient (Wildman–Crippen LogP) is 1.49. The maximum atomic E-state index is 12.5. The van der Waals surface area contributed by atoms with E-state index in [1.807, 2.05) is 0 Å². The second-order valence-corrected chi connectivity index (χ2v) is 7.45. The topological polar surface area (TPSA) is 69.7 Å². The highest BCUT2D eigenvalue weighted by atomic mass is 35.5.